The first kappa shape index (κ1) is 29.2. The highest BCUT2D eigenvalue weighted by atomic mass is 32.2. The van der Waals surface area contributed by atoms with E-state index < -0.39 is 15.8 Å². The molecule has 3 N–H and O–H groups in total. The van der Waals surface area contributed by atoms with Gasteiger partial charge in [0.1, 0.15) is 28.0 Å². The first-order valence-electron chi connectivity index (χ1n) is 12.6. The van der Waals surface area contributed by atoms with Gasteiger partial charge < -0.3 is 24.8 Å². The van der Waals surface area contributed by atoms with E-state index in [0.717, 1.165) is 0 Å². The summed E-state index contributed by atoms with van der Waals surface area (Å²) in [7, 11) is 0.127. The molecule has 41 heavy (non-hydrogen) atoms. The third-order valence-electron chi connectivity index (χ3n) is 6.14. The largest absolute Gasteiger partial charge is 0.496 e. The maximum atomic E-state index is 14.7. The Balaban J connectivity index is 1.47. The number of benzene rings is 4. The van der Waals surface area contributed by atoms with E-state index in [0.29, 0.717) is 41.3 Å². The number of amides is 1. The summed E-state index contributed by atoms with van der Waals surface area (Å²) >= 11 is 0. The van der Waals surface area contributed by atoms with Gasteiger partial charge in [0.25, 0.3) is 15.9 Å². The molecule has 9 nitrogen and oxygen atoms in total. The summed E-state index contributed by atoms with van der Waals surface area (Å²) in [5.41, 5.74) is 1.81. The standard InChI is InChI=1S/C30H30FN3O6S/c1-38-25-12-5-4-10-23(25)30(35)33-17-16-32-21-8-6-9-22(19-21)34-41(36,37)28-18-20(14-15-26(28)39-2)29-24(31)11-7-13-27(29)40-3/h4-15,18-19,32,34H,16-17H2,1-3H3,(H,33,35). The number of carbonyl (C=O) groups excluding carboxylic acids is 1. The zero-order valence-corrected chi connectivity index (χ0v) is 23.5. The van der Waals surface area contributed by atoms with Gasteiger partial charge in [0.15, 0.2) is 0 Å². The van der Waals surface area contributed by atoms with Crippen molar-refractivity contribution in [3.8, 4) is 28.4 Å². The molecule has 4 rings (SSSR count). The summed E-state index contributed by atoms with van der Waals surface area (Å²) < 4.78 is 60.0. The molecular weight excluding hydrogens is 549 g/mol. The van der Waals surface area contributed by atoms with Crippen molar-refractivity contribution in [3.05, 3.63) is 96.3 Å². The molecule has 1 amide bonds. The average molecular weight is 580 g/mol. The number of halogens is 1. The highest BCUT2D eigenvalue weighted by Crippen LogP contribution is 2.37. The lowest BCUT2D eigenvalue weighted by molar-refractivity contribution is 0.0952. The highest BCUT2D eigenvalue weighted by Gasteiger charge is 2.23. The fraction of sp³-hybridized carbons (Fsp3) is 0.167. The number of rotatable bonds is 12. The molecule has 0 saturated heterocycles. The molecule has 214 valence electrons. The third-order valence-corrected chi connectivity index (χ3v) is 7.55. The zero-order chi connectivity index (χ0) is 29.4. The van der Waals surface area contributed by atoms with Crippen molar-refractivity contribution in [3.63, 3.8) is 0 Å². The molecule has 0 saturated carbocycles. The number of ether oxygens (including phenoxy) is 3. The van der Waals surface area contributed by atoms with Crippen LogP contribution < -0.4 is 29.6 Å². The minimum absolute atomic E-state index is 0.0941. The van der Waals surface area contributed by atoms with Gasteiger partial charge in [-0.1, -0.05) is 30.3 Å². The monoisotopic (exact) mass is 579 g/mol. The molecule has 0 atom stereocenters. The molecule has 0 fully saturated rings. The van der Waals surface area contributed by atoms with E-state index in [4.69, 9.17) is 14.2 Å². The molecule has 0 aliphatic carbocycles. The van der Waals surface area contributed by atoms with Gasteiger partial charge >= 0.3 is 0 Å². The van der Waals surface area contributed by atoms with E-state index in [9.17, 15) is 17.6 Å². The van der Waals surface area contributed by atoms with Crippen LogP contribution in [-0.2, 0) is 10.0 Å². The number of sulfonamides is 1. The number of carbonyl (C=O) groups is 1. The molecule has 0 radical (unpaired) electrons. The molecule has 4 aromatic carbocycles. The van der Waals surface area contributed by atoms with E-state index in [1.165, 1.54) is 45.6 Å². The van der Waals surface area contributed by atoms with E-state index >= 15 is 0 Å². The predicted octanol–water partition coefficient (Wildman–Crippen LogP) is 5.16. The van der Waals surface area contributed by atoms with Gasteiger partial charge in [-0.3, -0.25) is 9.52 Å². The van der Waals surface area contributed by atoms with Gasteiger partial charge in [0.2, 0.25) is 0 Å². The molecule has 11 heteroatoms. The number of hydrogen-bond acceptors (Lipinski definition) is 7. The fourth-order valence-electron chi connectivity index (χ4n) is 4.21. The summed E-state index contributed by atoms with van der Waals surface area (Å²) in [6.45, 7) is 0.702. The second-order valence-corrected chi connectivity index (χ2v) is 10.4. The number of hydrogen-bond donors (Lipinski definition) is 3. The van der Waals surface area contributed by atoms with Crippen LogP contribution in [0.1, 0.15) is 10.4 Å². The van der Waals surface area contributed by atoms with Crippen LogP contribution in [0.4, 0.5) is 15.8 Å². The Hall–Kier alpha value is -4.77. The Kier molecular flexibility index (Phi) is 9.30. The van der Waals surface area contributed by atoms with Crippen molar-refractivity contribution < 1.29 is 31.8 Å². The van der Waals surface area contributed by atoms with Crippen LogP contribution >= 0.6 is 0 Å². The fourth-order valence-corrected chi connectivity index (χ4v) is 5.46. The van der Waals surface area contributed by atoms with Gasteiger partial charge in [-0.05, 0) is 60.2 Å². The second-order valence-electron chi connectivity index (χ2n) is 8.75. The minimum atomic E-state index is -4.14. The van der Waals surface area contributed by atoms with Crippen LogP contribution in [0, 0.1) is 5.82 Å². The normalized spacial score (nSPS) is 10.9. The van der Waals surface area contributed by atoms with Gasteiger partial charge in [-0.15, -0.1) is 0 Å². The van der Waals surface area contributed by atoms with E-state index in [2.05, 4.69) is 15.4 Å². The topological polar surface area (TPSA) is 115 Å². The molecule has 0 unspecified atom stereocenters. The number of nitrogens with one attached hydrogen (secondary N) is 3. The summed E-state index contributed by atoms with van der Waals surface area (Å²) in [6, 6.07) is 22.4. The van der Waals surface area contributed by atoms with Crippen LogP contribution in [0.15, 0.2) is 89.8 Å². The molecular formula is C30H30FN3O6S. The van der Waals surface area contributed by atoms with Crippen molar-refractivity contribution in [1.29, 1.82) is 0 Å². The predicted molar refractivity (Wildman–Crippen MR) is 156 cm³/mol. The van der Waals surface area contributed by atoms with Crippen molar-refractivity contribution in [2.24, 2.45) is 0 Å². The summed E-state index contributed by atoms with van der Waals surface area (Å²) in [6.07, 6.45) is 0. The molecule has 0 aliphatic heterocycles. The first-order valence-corrected chi connectivity index (χ1v) is 14.0. The molecule has 0 aromatic heterocycles. The molecule has 0 bridgehead atoms. The summed E-state index contributed by atoms with van der Waals surface area (Å²) in [5, 5.41) is 5.98. The van der Waals surface area contributed by atoms with Gasteiger partial charge in [-0.2, -0.15) is 0 Å². The number of methoxy groups -OCH3 is 3. The molecule has 0 heterocycles. The lowest BCUT2D eigenvalue weighted by Gasteiger charge is -2.15. The lowest BCUT2D eigenvalue weighted by Crippen LogP contribution is -2.29. The number of para-hydroxylation sites is 1. The molecule has 0 spiro atoms. The van der Waals surface area contributed by atoms with Crippen molar-refractivity contribution in [1.82, 2.24) is 5.32 Å². The summed E-state index contributed by atoms with van der Waals surface area (Å²) in [5.74, 6) is 0.0211. The van der Waals surface area contributed by atoms with Gasteiger partial charge in [0, 0.05) is 18.8 Å². The van der Waals surface area contributed by atoms with Crippen LogP contribution in [0.2, 0.25) is 0 Å². The van der Waals surface area contributed by atoms with Gasteiger partial charge in [0.05, 0.1) is 38.1 Å². The van der Waals surface area contributed by atoms with Gasteiger partial charge in [-0.25, -0.2) is 12.8 Å². The molecule has 0 aliphatic rings. The Morgan fingerprint density at radius 3 is 2.20 bits per heavy atom. The zero-order valence-electron chi connectivity index (χ0n) is 22.7. The average Bonchev–Trinajstić information content (AvgIpc) is 2.98. The van der Waals surface area contributed by atoms with E-state index in [1.807, 2.05) is 0 Å². The Bertz CT molecular complexity index is 1650. The number of anilines is 2. The van der Waals surface area contributed by atoms with Crippen LogP contribution in [0.3, 0.4) is 0 Å². The van der Waals surface area contributed by atoms with Crippen molar-refractivity contribution in [2.75, 3.05) is 44.5 Å². The first-order chi connectivity index (χ1) is 19.8. The highest BCUT2D eigenvalue weighted by molar-refractivity contribution is 7.92. The minimum Gasteiger partial charge on any atom is -0.496 e. The van der Waals surface area contributed by atoms with E-state index in [1.54, 1.807) is 60.7 Å². The smallest absolute Gasteiger partial charge is 0.265 e. The van der Waals surface area contributed by atoms with Crippen molar-refractivity contribution in [2.45, 2.75) is 4.90 Å². The maximum absolute atomic E-state index is 14.7. The third kappa shape index (κ3) is 6.87. The van der Waals surface area contributed by atoms with Crippen LogP contribution in [-0.4, -0.2) is 48.7 Å². The summed E-state index contributed by atoms with van der Waals surface area (Å²) in [4.78, 5) is 12.3. The lowest BCUT2D eigenvalue weighted by atomic mass is 10.0. The Morgan fingerprint density at radius 2 is 1.44 bits per heavy atom. The molecule has 4 aromatic rings. The maximum Gasteiger partial charge on any atom is 0.265 e. The van der Waals surface area contributed by atoms with Crippen molar-refractivity contribution >= 4 is 27.3 Å². The van der Waals surface area contributed by atoms with Crippen LogP contribution in [0.25, 0.3) is 11.1 Å². The van der Waals surface area contributed by atoms with E-state index in [-0.39, 0.29) is 27.9 Å². The quantitative estimate of drug-likeness (QED) is 0.199. The second kappa shape index (κ2) is 13.1. The van der Waals surface area contributed by atoms with Crippen LogP contribution in [0.5, 0.6) is 17.2 Å². The SMILES string of the molecule is COc1ccccc1C(=O)NCCNc1cccc(NS(=O)(=O)c2cc(-c3c(F)cccc3OC)ccc2OC)c1. The Morgan fingerprint density at radius 1 is 0.756 bits per heavy atom. The Labute approximate surface area is 238 Å².